The van der Waals surface area contributed by atoms with Gasteiger partial charge in [-0.3, -0.25) is 0 Å². The number of aliphatic hydroxyl groups is 1. The van der Waals surface area contributed by atoms with Gasteiger partial charge in [0.15, 0.2) is 11.5 Å². The number of esters is 1. The summed E-state index contributed by atoms with van der Waals surface area (Å²) in [5.74, 6) is -2.42. The normalized spacial score (nSPS) is 15.5. The number of halogens is 4. The quantitative estimate of drug-likeness (QED) is 0.391. The highest BCUT2D eigenvalue weighted by atomic mass is 19.4. The maximum absolute atomic E-state index is 14.7. The van der Waals surface area contributed by atoms with E-state index in [1.165, 1.54) is 24.3 Å². The molecular formula is C24H14F4O3. The Bertz CT molecular complexity index is 1230. The molecule has 0 bridgehead atoms. The number of aliphatic hydroxyl groups excluding tert-OH is 1. The Kier molecular flexibility index (Phi) is 5.10. The number of carbonyl (C=O) groups is 1. The largest absolute Gasteiger partial charge is 0.504 e. The van der Waals surface area contributed by atoms with Crippen LogP contribution in [0.4, 0.5) is 17.6 Å². The maximum atomic E-state index is 14.7. The molecule has 0 aliphatic carbocycles. The lowest BCUT2D eigenvalue weighted by atomic mass is 9.99. The van der Waals surface area contributed by atoms with Crippen LogP contribution in [-0.4, -0.2) is 11.1 Å². The molecule has 0 atom stereocenters. The fraction of sp³-hybridized carbons (Fsp3) is 0.0417. The molecule has 7 heteroatoms. The van der Waals surface area contributed by atoms with Crippen molar-refractivity contribution < 1.29 is 32.2 Å². The minimum atomic E-state index is -4.54. The van der Waals surface area contributed by atoms with Gasteiger partial charge in [0.05, 0.1) is 5.56 Å². The molecule has 0 saturated heterocycles. The van der Waals surface area contributed by atoms with Crippen LogP contribution in [-0.2, 0) is 15.7 Å². The first-order valence-corrected chi connectivity index (χ1v) is 9.14. The van der Waals surface area contributed by atoms with Crippen molar-refractivity contribution in [2.75, 3.05) is 0 Å². The summed E-state index contributed by atoms with van der Waals surface area (Å²) in [6.45, 7) is 0. The fourth-order valence-corrected chi connectivity index (χ4v) is 3.25. The van der Waals surface area contributed by atoms with Crippen LogP contribution in [0, 0.1) is 5.82 Å². The standard InChI is InChI=1S/C24H14F4O3/c25-19-13-16(9-10-18(19)15-6-2-1-3-7-15)21-22(29)20(31-23(21)30)12-14-5-4-8-17(11-14)24(26,27)28/h1-13,29H/b20-12-. The van der Waals surface area contributed by atoms with E-state index in [2.05, 4.69) is 0 Å². The van der Waals surface area contributed by atoms with Gasteiger partial charge in [0, 0.05) is 5.56 Å². The molecule has 1 aliphatic heterocycles. The van der Waals surface area contributed by atoms with E-state index in [1.807, 2.05) is 0 Å². The Labute approximate surface area is 174 Å². The zero-order valence-electron chi connectivity index (χ0n) is 15.8. The van der Waals surface area contributed by atoms with Crippen LogP contribution in [0.2, 0.25) is 0 Å². The molecular weight excluding hydrogens is 412 g/mol. The van der Waals surface area contributed by atoms with Crippen molar-refractivity contribution in [1.29, 1.82) is 0 Å². The van der Waals surface area contributed by atoms with E-state index in [-0.39, 0.29) is 22.5 Å². The highest BCUT2D eigenvalue weighted by Gasteiger charge is 2.33. The number of rotatable bonds is 3. The molecule has 0 radical (unpaired) electrons. The molecule has 3 aromatic rings. The molecule has 0 saturated carbocycles. The van der Waals surface area contributed by atoms with Crippen molar-refractivity contribution in [2.24, 2.45) is 0 Å². The smallest absolute Gasteiger partial charge is 0.416 e. The third kappa shape index (κ3) is 4.07. The minimum Gasteiger partial charge on any atom is -0.504 e. The first kappa shape index (κ1) is 20.4. The summed E-state index contributed by atoms with van der Waals surface area (Å²) in [7, 11) is 0. The van der Waals surface area contributed by atoms with Gasteiger partial charge in [0.1, 0.15) is 11.4 Å². The predicted molar refractivity (Wildman–Crippen MR) is 107 cm³/mol. The van der Waals surface area contributed by atoms with E-state index in [4.69, 9.17) is 4.74 Å². The van der Waals surface area contributed by atoms with Crippen LogP contribution in [0.25, 0.3) is 22.8 Å². The average molecular weight is 426 g/mol. The summed E-state index contributed by atoms with van der Waals surface area (Å²) in [6.07, 6.45) is -3.42. The maximum Gasteiger partial charge on any atom is 0.416 e. The molecule has 0 fully saturated rings. The summed E-state index contributed by atoms with van der Waals surface area (Å²) < 4.78 is 58.4. The second kappa shape index (κ2) is 7.75. The Morgan fingerprint density at radius 2 is 1.61 bits per heavy atom. The molecule has 0 aromatic heterocycles. The van der Waals surface area contributed by atoms with E-state index in [9.17, 15) is 27.5 Å². The van der Waals surface area contributed by atoms with Crippen LogP contribution in [0.3, 0.4) is 0 Å². The molecule has 4 rings (SSSR count). The highest BCUT2D eigenvalue weighted by Crippen LogP contribution is 2.35. The molecule has 156 valence electrons. The van der Waals surface area contributed by atoms with Gasteiger partial charge in [-0.25, -0.2) is 9.18 Å². The van der Waals surface area contributed by atoms with E-state index in [0.717, 1.165) is 24.3 Å². The van der Waals surface area contributed by atoms with Gasteiger partial charge in [-0.1, -0.05) is 54.6 Å². The highest BCUT2D eigenvalue weighted by molar-refractivity contribution is 6.21. The van der Waals surface area contributed by atoms with Gasteiger partial charge >= 0.3 is 12.1 Å². The molecule has 1 heterocycles. The monoisotopic (exact) mass is 426 g/mol. The molecule has 1 N–H and O–H groups in total. The van der Waals surface area contributed by atoms with Crippen LogP contribution in [0.1, 0.15) is 16.7 Å². The van der Waals surface area contributed by atoms with Gasteiger partial charge in [-0.15, -0.1) is 0 Å². The summed E-state index contributed by atoms with van der Waals surface area (Å²) in [4.78, 5) is 12.3. The SMILES string of the molecule is O=C1O/C(=C\c2cccc(C(F)(F)F)c2)C(O)=C1c1ccc(-c2ccccc2)c(F)c1. The third-order valence-corrected chi connectivity index (χ3v) is 4.73. The van der Waals surface area contributed by atoms with E-state index >= 15 is 0 Å². The molecule has 0 spiro atoms. The van der Waals surface area contributed by atoms with Crippen molar-refractivity contribution in [1.82, 2.24) is 0 Å². The zero-order valence-corrected chi connectivity index (χ0v) is 15.8. The number of cyclic esters (lactones) is 1. The van der Waals surface area contributed by atoms with E-state index in [1.54, 1.807) is 30.3 Å². The lowest BCUT2D eigenvalue weighted by molar-refractivity contribution is -0.137. The number of hydrogen-bond donors (Lipinski definition) is 1. The Balaban J connectivity index is 1.71. The number of carbonyl (C=O) groups excluding carboxylic acids is 1. The van der Waals surface area contributed by atoms with E-state index < -0.39 is 29.3 Å². The first-order chi connectivity index (χ1) is 14.7. The van der Waals surface area contributed by atoms with Crippen LogP contribution in [0.15, 0.2) is 84.3 Å². The molecule has 1 aliphatic rings. The summed E-state index contributed by atoms with van der Waals surface area (Å²) >= 11 is 0. The van der Waals surface area contributed by atoms with Crippen molar-refractivity contribution in [3.8, 4) is 11.1 Å². The average Bonchev–Trinajstić information content (AvgIpc) is 3.01. The van der Waals surface area contributed by atoms with Gasteiger partial charge < -0.3 is 9.84 Å². The zero-order chi connectivity index (χ0) is 22.2. The minimum absolute atomic E-state index is 0.0797. The van der Waals surface area contributed by atoms with E-state index in [0.29, 0.717) is 11.1 Å². The van der Waals surface area contributed by atoms with Crippen molar-refractivity contribution >= 4 is 17.6 Å². The van der Waals surface area contributed by atoms with Crippen molar-refractivity contribution in [2.45, 2.75) is 6.18 Å². The second-order valence-corrected chi connectivity index (χ2v) is 6.81. The van der Waals surface area contributed by atoms with Gasteiger partial charge in [-0.05, 0) is 41.0 Å². The lowest BCUT2D eigenvalue weighted by Gasteiger charge is -2.07. The Morgan fingerprint density at radius 3 is 2.29 bits per heavy atom. The summed E-state index contributed by atoms with van der Waals surface area (Å²) in [6, 6.07) is 17.2. The number of benzene rings is 3. The second-order valence-electron chi connectivity index (χ2n) is 6.81. The molecule has 0 amide bonds. The lowest BCUT2D eigenvalue weighted by Crippen LogP contribution is -2.04. The van der Waals surface area contributed by atoms with Crippen molar-refractivity contribution in [3.63, 3.8) is 0 Å². The number of hydrogen-bond acceptors (Lipinski definition) is 3. The van der Waals surface area contributed by atoms with Gasteiger partial charge in [0.2, 0.25) is 0 Å². The summed E-state index contributed by atoms with van der Waals surface area (Å²) in [5, 5.41) is 10.5. The molecule has 3 nitrogen and oxygen atoms in total. The molecule has 0 unspecified atom stereocenters. The van der Waals surface area contributed by atoms with Gasteiger partial charge in [-0.2, -0.15) is 13.2 Å². The number of ether oxygens (including phenoxy) is 1. The first-order valence-electron chi connectivity index (χ1n) is 9.14. The fourth-order valence-electron chi connectivity index (χ4n) is 3.25. The number of alkyl halides is 3. The van der Waals surface area contributed by atoms with Crippen LogP contribution in [0.5, 0.6) is 0 Å². The Hall–Kier alpha value is -3.87. The molecule has 31 heavy (non-hydrogen) atoms. The predicted octanol–water partition coefficient (Wildman–Crippen LogP) is 6.38. The molecule has 3 aromatic carbocycles. The van der Waals surface area contributed by atoms with Gasteiger partial charge in [0.25, 0.3) is 0 Å². The Morgan fingerprint density at radius 1 is 0.871 bits per heavy atom. The van der Waals surface area contributed by atoms with Crippen LogP contribution >= 0.6 is 0 Å². The van der Waals surface area contributed by atoms with Crippen molar-refractivity contribution in [3.05, 3.63) is 107 Å². The summed E-state index contributed by atoms with van der Waals surface area (Å²) in [5.41, 5.74) is -0.0206. The topological polar surface area (TPSA) is 46.5 Å². The third-order valence-electron chi connectivity index (χ3n) is 4.73. The van der Waals surface area contributed by atoms with Crippen LogP contribution < -0.4 is 0 Å².